The Balaban J connectivity index is 2.45. The van der Waals surface area contributed by atoms with E-state index in [1.807, 2.05) is 13.0 Å². The van der Waals surface area contributed by atoms with Gasteiger partial charge in [0.25, 0.3) is 5.91 Å². The summed E-state index contributed by atoms with van der Waals surface area (Å²) < 4.78 is 0. The number of rotatable bonds is 1. The van der Waals surface area contributed by atoms with Crippen molar-refractivity contribution in [1.82, 2.24) is 0 Å². The number of benzene rings is 1. The molecule has 0 aromatic heterocycles. The molecule has 0 saturated heterocycles. The van der Waals surface area contributed by atoms with E-state index in [1.54, 1.807) is 17.8 Å². The second-order valence-corrected chi connectivity index (χ2v) is 5.34. The molecule has 1 aromatic rings. The van der Waals surface area contributed by atoms with Crippen LogP contribution in [0.4, 0.5) is 0 Å². The van der Waals surface area contributed by atoms with E-state index in [0.29, 0.717) is 5.56 Å². The summed E-state index contributed by atoms with van der Waals surface area (Å²) in [5.74, 6) is 0.147. The van der Waals surface area contributed by atoms with Crippen LogP contribution in [-0.4, -0.2) is 22.7 Å². The summed E-state index contributed by atoms with van der Waals surface area (Å²) in [6.07, 6.45) is 0.283. The van der Waals surface area contributed by atoms with Gasteiger partial charge < -0.3 is 16.6 Å². The van der Waals surface area contributed by atoms with E-state index < -0.39 is 12.0 Å². The molecule has 1 aromatic carbocycles. The summed E-state index contributed by atoms with van der Waals surface area (Å²) in [7, 11) is 0. The maximum Gasteiger partial charge on any atom is 0.280 e. The number of hydrogen-bond donors (Lipinski definition) is 3. The Morgan fingerprint density at radius 1 is 1.50 bits per heavy atom. The maximum atomic E-state index is 11.8. The van der Waals surface area contributed by atoms with Crippen molar-refractivity contribution in [3.05, 3.63) is 28.8 Å². The van der Waals surface area contributed by atoms with Gasteiger partial charge in [-0.25, -0.2) is 0 Å². The number of nitrogens with zero attached hydrogens (tertiary/aromatic N) is 1. The van der Waals surface area contributed by atoms with Crippen LogP contribution in [0.25, 0.3) is 0 Å². The number of carbonyl (C=O) groups excluding carboxylic acids is 1. The maximum absolute atomic E-state index is 11.8. The summed E-state index contributed by atoms with van der Waals surface area (Å²) in [4.78, 5) is 16.3. The Morgan fingerprint density at radius 2 is 2.22 bits per heavy atom. The number of amides is 1. The van der Waals surface area contributed by atoms with Crippen molar-refractivity contribution in [1.29, 1.82) is 0 Å². The van der Waals surface area contributed by atoms with E-state index >= 15 is 0 Å². The van der Waals surface area contributed by atoms with Gasteiger partial charge >= 0.3 is 0 Å². The van der Waals surface area contributed by atoms with Crippen LogP contribution in [0, 0.1) is 6.92 Å². The number of thioether (sulfide) groups is 1. The SMILES string of the molecule is Cc1cc2c(cc1C(=O)N=C(N)N)SCCC2O. The molecule has 1 aliphatic rings. The highest BCUT2D eigenvalue weighted by molar-refractivity contribution is 7.99. The van der Waals surface area contributed by atoms with Gasteiger partial charge in [-0.2, -0.15) is 4.99 Å². The van der Waals surface area contributed by atoms with Crippen molar-refractivity contribution in [2.75, 3.05) is 5.75 Å². The number of aliphatic hydroxyl groups excluding tert-OH is 1. The predicted molar refractivity (Wildman–Crippen MR) is 71.6 cm³/mol. The summed E-state index contributed by atoms with van der Waals surface area (Å²) >= 11 is 1.63. The van der Waals surface area contributed by atoms with Crippen LogP contribution >= 0.6 is 11.8 Å². The van der Waals surface area contributed by atoms with Gasteiger partial charge in [-0.1, -0.05) is 6.07 Å². The van der Waals surface area contributed by atoms with Crippen LogP contribution in [0.2, 0.25) is 0 Å². The number of fused-ring (bicyclic) bond motifs is 1. The van der Waals surface area contributed by atoms with Crippen LogP contribution in [0.3, 0.4) is 0 Å². The van der Waals surface area contributed by atoms with E-state index in [1.165, 1.54) is 0 Å². The van der Waals surface area contributed by atoms with E-state index in [0.717, 1.165) is 28.2 Å². The Morgan fingerprint density at radius 3 is 2.89 bits per heavy atom. The van der Waals surface area contributed by atoms with Crippen LogP contribution in [-0.2, 0) is 0 Å². The second kappa shape index (κ2) is 4.99. The van der Waals surface area contributed by atoms with Crippen molar-refractivity contribution >= 4 is 23.6 Å². The third-order valence-electron chi connectivity index (χ3n) is 2.83. The van der Waals surface area contributed by atoms with Gasteiger partial charge in [-0.15, -0.1) is 11.8 Å². The molecule has 5 nitrogen and oxygen atoms in total. The Hall–Kier alpha value is -1.53. The molecule has 1 aliphatic heterocycles. The number of aliphatic hydroxyl groups is 1. The highest BCUT2D eigenvalue weighted by Gasteiger charge is 2.21. The third kappa shape index (κ3) is 2.49. The molecule has 0 spiro atoms. The zero-order chi connectivity index (χ0) is 13.3. The highest BCUT2D eigenvalue weighted by atomic mass is 32.2. The van der Waals surface area contributed by atoms with Gasteiger partial charge in [0.05, 0.1) is 6.10 Å². The molecule has 0 saturated carbocycles. The van der Waals surface area contributed by atoms with Crippen molar-refractivity contribution in [2.24, 2.45) is 16.5 Å². The second-order valence-electron chi connectivity index (χ2n) is 4.20. The molecule has 6 heteroatoms. The van der Waals surface area contributed by atoms with E-state index in [9.17, 15) is 9.90 Å². The van der Waals surface area contributed by atoms with Gasteiger partial charge in [0.15, 0.2) is 5.96 Å². The van der Waals surface area contributed by atoms with Crippen LogP contribution in [0.5, 0.6) is 0 Å². The van der Waals surface area contributed by atoms with Crippen LogP contribution in [0.15, 0.2) is 22.0 Å². The van der Waals surface area contributed by atoms with E-state index in [-0.39, 0.29) is 5.96 Å². The lowest BCUT2D eigenvalue weighted by molar-refractivity contribution is 0.100. The standard InChI is InChI=1S/C12H15N3O2S/c1-6-4-8-9(16)2-3-18-10(8)5-7(6)11(17)15-12(13)14/h4-5,9,16H,2-3H2,1H3,(H4,13,14,15,17). The van der Waals surface area contributed by atoms with E-state index in [4.69, 9.17) is 11.5 Å². The molecule has 96 valence electrons. The molecule has 18 heavy (non-hydrogen) atoms. The van der Waals surface area contributed by atoms with Crippen LogP contribution in [0.1, 0.15) is 34.0 Å². The molecular formula is C12H15N3O2S. The number of nitrogens with two attached hydrogens (primary N) is 2. The minimum Gasteiger partial charge on any atom is -0.388 e. The van der Waals surface area contributed by atoms with Crippen molar-refractivity contribution < 1.29 is 9.90 Å². The smallest absolute Gasteiger partial charge is 0.280 e. The quantitative estimate of drug-likeness (QED) is 0.518. The molecule has 0 fully saturated rings. The highest BCUT2D eigenvalue weighted by Crippen LogP contribution is 2.37. The molecule has 1 heterocycles. The van der Waals surface area contributed by atoms with Gasteiger partial charge in [-0.3, -0.25) is 4.79 Å². The van der Waals surface area contributed by atoms with E-state index in [2.05, 4.69) is 4.99 Å². The number of aryl methyl sites for hydroxylation is 1. The van der Waals surface area contributed by atoms with Gasteiger partial charge in [0.1, 0.15) is 0 Å². The third-order valence-corrected chi connectivity index (χ3v) is 3.93. The molecule has 2 rings (SSSR count). The Labute approximate surface area is 109 Å². The average molecular weight is 265 g/mol. The first-order valence-electron chi connectivity index (χ1n) is 5.58. The van der Waals surface area contributed by atoms with Gasteiger partial charge in [0.2, 0.25) is 0 Å². The van der Waals surface area contributed by atoms with Crippen molar-refractivity contribution in [3.8, 4) is 0 Å². The lowest BCUT2D eigenvalue weighted by Gasteiger charge is -2.22. The van der Waals surface area contributed by atoms with Crippen molar-refractivity contribution in [3.63, 3.8) is 0 Å². The summed E-state index contributed by atoms with van der Waals surface area (Å²) in [6.45, 7) is 1.81. The molecule has 0 aliphatic carbocycles. The number of aliphatic imine (C=N–C) groups is 1. The lowest BCUT2D eigenvalue weighted by atomic mass is 9.99. The normalized spacial score (nSPS) is 18.0. The fraction of sp³-hybridized carbons (Fsp3) is 0.333. The average Bonchev–Trinajstić information content (AvgIpc) is 2.28. The molecule has 1 atom stereocenters. The summed E-state index contributed by atoms with van der Waals surface area (Å²) in [6, 6.07) is 3.59. The van der Waals surface area contributed by atoms with Crippen molar-refractivity contribution in [2.45, 2.75) is 24.3 Å². The number of carbonyl (C=O) groups is 1. The first-order chi connectivity index (χ1) is 8.49. The zero-order valence-corrected chi connectivity index (χ0v) is 10.8. The molecular weight excluding hydrogens is 250 g/mol. The molecule has 0 bridgehead atoms. The minimum atomic E-state index is -0.452. The van der Waals surface area contributed by atoms with Crippen LogP contribution < -0.4 is 11.5 Å². The van der Waals surface area contributed by atoms with Gasteiger partial charge in [0, 0.05) is 16.2 Å². The molecule has 1 unspecified atom stereocenters. The number of guanidine groups is 1. The molecule has 5 N–H and O–H groups in total. The van der Waals surface area contributed by atoms with Gasteiger partial charge in [-0.05, 0) is 30.5 Å². The predicted octanol–water partition coefficient (Wildman–Crippen LogP) is 0.938. The Bertz CT molecular complexity index is 524. The first-order valence-corrected chi connectivity index (χ1v) is 6.57. The molecule has 1 amide bonds. The largest absolute Gasteiger partial charge is 0.388 e. The number of hydrogen-bond acceptors (Lipinski definition) is 3. The fourth-order valence-electron chi connectivity index (χ4n) is 1.94. The monoisotopic (exact) mass is 265 g/mol. The first kappa shape index (κ1) is 12.9. The Kier molecular flexibility index (Phi) is 3.58. The summed E-state index contributed by atoms with van der Waals surface area (Å²) in [5, 5.41) is 9.89. The zero-order valence-electron chi connectivity index (χ0n) is 10.0. The summed E-state index contributed by atoms with van der Waals surface area (Å²) in [5.41, 5.74) is 12.5. The minimum absolute atomic E-state index is 0.246. The topological polar surface area (TPSA) is 102 Å². The molecule has 0 radical (unpaired) electrons. The fourth-order valence-corrected chi connectivity index (χ4v) is 3.06. The lowest BCUT2D eigenvalue weighted by Crippen LogP contribution is -2.24.